The number of ether oxygens (including phenoxy) is 1. The maximum absolute atomic E-state index is 13.6. The van der Waals surface area contributed by atoms with Crippen LogP contribution in [0.4, 0.5) is 10.1 Å². The summed E-state index contributed by atoms with van der Waals surface area (Å²) in [4.78, 5) is 4.09. The number of aryl methyl sites for hydroxylation is 1. The van der Waals surface area contributed by atoms with E-state index in [1.807, 2.05) is 24.3 Å². The predicted octanol–water partition coefficient (Wildman–Crippen LogP) is 3.42. The lowest BCUT2D eigenvalue weighted by molar-refractivity contribution is 0.358. The molecule has 0 aliphatic heterocycles. The largest absolute Gasteiger partial charge is 0.489 e. The first-order valence-corrected chi connectivity index (χ1v) is 11.0. The summed E-state index contributed by atoms with van der Waals surface area (Å²) in [6.07, 6.45) is 1.67. The van der Waals surface area contributed by atoms with E-state index in [1.165, 1.54) is 12.1 Å². The maximum Gasteiger partial charge on any atom is 0.234 e. The number of benzene rings is 2. The second kappa shape index (κ2) is 13.2. The molecule has 0 saturated carbocycles. The fourth-order valence-corrected chi connectivity index (χ4v) is 3.49. The Morgan fingerprint density at radius 3 is 2.65 bits per heavy atom. The fourth-order valence-electron chi connectivity index (χ4n) is 2.53. The second-order valence-electron chi connectivity index (χ2n) is 6.44. The lowest BCUT2D eigenvalue weighted by Gasteiger charge is -2.15. The van der Waals surface area contributed by atoms with Gasteiger partial charge in [-0.2, -0.15) is 0 Å². The van der Waals surface area contributed by atoms with Crippen molar-refractivity contribution in [2.45, 2.75) is 13.5 Å². The van der Waals surface area contributed by atoms with E-state index in [-0.39, 0.29) is 42.0 Å². The van der Waals surface area contributed by atoms with Gasteiger partial charge in [-0.05, 0) is 30.7 Å². The zero-order valence-electron chi connectivity index (χ0n) is 17.5. The van der Waals surface area contributed by atoms with Crippen LogP contribution < -0.4 is 20.1 Å². The molecule has 0 atom stereocenters. The van der Waals surface area contributed by atoms with Gasteiger partial charge < -0.3 is 15.4 Å². The van der Waals surface area contributed by atoms with Crippen LogP contribution in [0.5, 0.6) is 5.75 Å². The van der Waals surface area contributed by atoms with Crippen molar-refractivity contribution >= 4 is 45.6 Å². The van der Waals surface area contributed by atoms with E-state index in [2.05, 4.69) is 26.9 Å². The number of hydrogen-bond donors (Lipinski definition) is 3. The molecule has 0 bridgehead atoms. The Balaban J connectivity index is 0.00000480. The molecule has 170 valence electrons. The van der Waals surface area contributed by atoms with Crippen molar-refractivity contribution in [3.05, 3.63) is 72.1 Å². The zero-order valence-corrected chi connectivity index (χ0v) is 20.7. The van der Waals surface area contributed by atoms with Crippen LogP contribution in [0.2, 0.25) is 0 Å². The van der Waals surface area contributed by atoms with Crippen LogP contribution in [-0.2, 0) is 16.6 Å². The molecule has 0 unspecified atom stereocenters. The molecule has 2 aromatic carbocycles. The first-order valence-electron chi connectivity index (χ1n) is 9.37. The molecular formula is C21H28FIN4O3S. The average molecular weight is 562 g/mol. The third-order valence-corrected chi connectivity index (χ3v) is 5.40. The molecule has 0 aromatic heterocycles. The zero-order chi connectivity index (χ0) is 22.0. The molecule has 0 fully saturated rings. The number of rotatable bonds is 10. The third-order valence-electron chi connectivity index (χ3n) is 4.11. The van der Waals surface area contributed by atoms with Gasteiger partial charge in [0.2, 0.25) is 10.0 Å². The van der Waals surface area contributed by atoms with Crippen molar-refractivity contribution in [3.8, 4) is 5.75 Å². The number of hydrogen-bond acceptors (Lipinski definition) is 4. The smallest absolute Gasteiger partial charge is 0.234 e. The van der Waals surface area contributed by atoms with Gasteiger partial charge in [-0.1, -0.05) is 36.9 Å². The summed E-state index contributed by atoms with van der Waals surface area (Å²) in [5.41, 5.74) is 1.57. The molecule has 0 aliphatic carbocycles. The monoisotopic (exact) mass is 562 g/mol. The first kappa shape index (κ1) is 26.7. The van der Waals surface area contributed by atoms with Crippen LogP contribution in [0.1, 0.15) is 11.1 Å². The Labute approximate surface area is 200 Å². The van der Waals surface area contributed by atoms with Gasteiger partial charge in [0, 0.05) is 25.7 Å². The summed E-state index contributed by atoms with van der Waals surface area (Å²) in [5.74, 6) is 0.514. The second-order valence-corrected chi connectivity index (χ2v) is 8.29. The highest BCUT2D eigenvalue weighted by molar-refractivity contribution is 14.0. The minimum atomic E-state index is -3.64. The quantitative estimate of drug-likeness (QED) is 0.179. The number of halogens is 2. The van der Waals surface area contributed by atoms with E-state index in [1.54, 1.807) is 20.0 Å². The molecule has 0 aliphatic rings. The highest BCUT2D eigenvalue weighted by Crippen LogP contribution is 2.17. The number of nitrogens with one attached hydrogen (secondary N) is 3. The standard InChI is InChI=1S/C21H27FN4O3S.HI/c1-4-12-29-20-8-6-5-7-17(20)15-25-21(23-3)24-11-13-30(27,28)26-18-10-9-16(2)19(22)14-18;/h4-10,14,26H,1,11-13,15H2,2-3H3,(H2,23,24,25);1H. The first-order chi connectivity index (χ1) is 14.3. The van der Waals surface area contributed by atoms with E-state index < -0.39 is 15.8 Å². The van der Waals surface area contributed by atoms with Gasteiger partial charge in [-0.15, -0.1) is 24.0 Å². The lowest BCUT2D eigenvalue weighted by atomic mass is 10.2. The average Bonchev–Trinajstić information content (AvgIpc) is 2.72. The van der Waals surface area contributed by atoms with Crippen molar-refractivity contribution in [2.75, 3.05) is 30.7 Å². The Kier molecular flexibility index (Phi) is 11.3. The van der Waals surface area contributed by atoms with Crippen LogP contribution in [0.3, 0.4) is 0 Å². The Morgan fingerprint density at radius 1 is 1.23 bits per heavy atom. The van der Waals surface area contributed by atoms with Gasteiger partial charge in [0.05, 0.1) is 11.4 Å². The van der Waals surface area contributed by atoms with Gasteiger partial charge >= 0.3 is 0 Å². The maximum atomic E-state index is 13.6. The van der Waals surface area contributed by atoms with E-state index in [9.17, 15) is 12.8 Å². The molecule has 0 heterocycles. The number of nitrogens with zero attached hydrogens (tertiary/aromatic N) is 1. The van der Waals surface area contributed by atoms with Gasteiger partial charge in [0.15, 0.2) is 5.96 Å². The summed E-state index contributed by atoms with van der Waals surface area (Å²) in [6, 6.07) is 11.8. The summed E-state index contributed by atoms with van der Waals surface area (Å²) in [7, 11) is -2.05. The number of anilines is 1. The Hall–Kier alpha value is -2.34. The van der Waals surface area contributed by atoms with Gasteiger partial charge in [0.1, 0.15) is 18.2 Å². The number of aliphatic imine (C=N–C) groups is 1. The summed E-state index contributed by atoms with van der Waals surface area (Å²) < 4.78 is 46.0. The lowest BCUT2D eigenvalue weighted by Crippen LogP contribution is -2.39. The molecule has 7 nitrogen and oxygen atoms in total. The number of para-hydroxylation sites is 1. The Morgan fingerprint density at radius 2 is 1.97 bits per heavy atom. The number of sulfonamides is 1. The summed E-state index contributed by atoms with van der Waals surface area (Å²) >= 11 is 0. The van der Waals surface area contributed by atoms with Crippen LogP contribution in [0.25, 0.3) is 0 Å². The van der Waals surface area contributed by atoms with Crippen molar-refractivity contribution in [1.82, 2.24) is 10.6 Å². The van der Waals surface area contributed by atoms with E-state index >= 15 is 0 Å². The number of guanidine groups is 1. The van der Waals surface area contributed by atoms with Gasteiger partial charge in [-0.3, -0.25) is 9.71 Å². The van der Waals surface area contributed by atoms with Crippen molar-refractivity contribution < 1.29 is 17.5 Å². The minimum Gasteiger partial charge on any atom is -0.489 e. The fraction of sp³-hybridized carbons (Fsp3) is 0.286. The van der Waals surface area contributed by atoms with Crippen molar-refractivity contribution in [1.29, 1.82) is 0 Å². The highest BCUT2D eigenvalue weighted by atomic mass is 127. The molecule has 0 radical (unpaired) electrons. The van der Waals surface area contributed by atoms with E-state index in [0.29, 0.717) is 24.7 Å². The molecule has 31 heavy (non-hydrogen) atoms. The normalized spacial score (nSPS) is 11.3. The minimum absolute atomic E-state index is 0. The summed E-state index contributed by atoms with van der Waals surface area (Å²) in [6.45, 7) is 6.22. The predicted molar refractivity (Wildman–Crippen MR) is 134 cm³/mol. The molecule has 2 aromatic rings. The Bertz CT molecular complexity index is 1000. The molecule has 10 heteroatoms. The molecule has 2 rings (SSSR count). The van der Waals surface area contributed by atoms with Crippen LogP contribution >= 0.6 is 24.0 Å². The summed E-state index contributed by atoms with van der Waals surface area (Å²) in [5, 5.41) is 6.07. The van der Waals surface area contributed by atoms with Crippen molar-refractivity contribution in [2.24, 2.45) is 4.99 Å². The van der Waals surface area contributed by atoms with E-state index in [0.717, 1.165) is 17.4 Å². The molecule has 3 N–H and O–H groups in total. The van der Waals surface area contributed by atoms with Crippen molar-refractivity contribution in [3.63, 3.8) is 0 Å². The SMILES string of the molecule is C=CCOc1ccccc1CNC(=NC)NCCS(=O)(=O)Nc1ccc(C)c(F)c1.I. The van der Waals surface area contributed by atoms with Crippen LogP contribution in [0.15, 0.2) is 60.1 Å². The van der Waals surface area contributed by atoms with Crippen LogP contribution in [-0.4, -0.2) is 40.3 Å². The third kappa shape index (κ3) is 9.13. The topological polar surface area (TPSA) is 91.8 Å². The molecular weight excluding hydrogens is 534 g/mol. The van der Waals surface area contributed by atoms with E-state index in [4.69, 9.17) is 4.74 Å². The highest BCUT2D eigenvalue weighted by Gasteiger charge is 2.12. The van der Waals surface area contributed by atoms with Gasteiger partial charge in [0.25, 0.3) is 0 Å². The van der Waals surface area contributed by atoms with Gasteiger partial charge in [-0.25, -0.2) is 12.8 Å². The molecule has 0 amide bonds. The van der Waals surface area contributed by atoms with Crippen LogP contribution in [0, 0.1) is 12.7 Å². The molecule has 0 spiro atoms. The molecule has 0 saturated heterocycles.